The maximum absolute atomic E-state index is 11.2. The van der Waals surface area contributed by atoms with Gasteiger partial charge in [-0.3, -0.25) is 9.78 Å². The second kappa shape index (κ2) is 9.87. The highest BCUT2D eigenvalue weighted by atomic mass is 16.7. The lowest BCUT2D eigenvalue weighted by atomic mass is 10.1. The highest BCUT2D eigenvalue weighted by Gasteiger charge is 2.13. The number of aromatic nitrogens is 6. The Labute approximate surface area is 196 Å². The van der Waals surface area contributed by atoms with Crippen LogP contribution in [-0.2, 0) is 16.2 Å². The van der Waals surface area contributed by atoms with E-state index in [1.54, 1.807) is 35.1 Å². The van der Waals surface area contributed by atoms with Crippen LogP contribution in [0.3, 0.4) is 0 Å². The number of pyridine rings is 1. The van der Waals surface area contributed by atoms with Crippen LogP contribution in [0, 0.1) is 11.3 Å². The molecule has 34 heavy (non-hydrogen) atoms. The smallest absolute Gasteiger partial charge is 0.329 e. The Bertz CT molecular complexity index is 1370. The van der Waals surface area contributed by atoms with Crippen molar-refractivity contribution in [2.75, 3.05) is 5.48 Å². The van der Waals surface area contributed by atoms with Crippen molar-refractivity contribution in [2.45, 2.75) is 33.2 Å². The number of rotatable bonds is 7. The molecule has 4 rings (SSSR count). The number of hydrogen-bond acceptors (Lipinski definition) is 9. The summed E-state index contributed by atoms with van der Waals surface area (Å²) in [4.78, 5) is 29.6. The van der Waals surface area contributed by atoms with Gasteiger partial charge >= 0.3 is 5.97 Å². The number of nitriles is 1. The molecule has 0 amide bonds. The van der Waals surface area contributed by atoms with Crippen molar-refractivity contribution in [3.05, 3.63) is 71.7 Å². The summed E-state index contributed by atoms with van der Waals surface area (Å²) in [6, 6.07) is 16.8. The average molecular weight is 454 g/mol. The van der Waals surface area contributed by atoms with Crippen LogP contribution in [0.25, 0.3) is 22.6 Å². The van der Waals surface area contributed by atoms with Gasteiger partial charge in [0.15, 0.2) is 0 Å². The molecule has 0 fully saturated rings. The third kappa shape index (κ3) is 5.39. The Morgan fingerprint density at radius 3 is 2.65 bits per heavy atom. The Morgan fingerprint density at radius 2 is 1.88 bits per heavy atom. The van der Waals surface area contributed by atoms with E-state index < -0.39 is 5.97 Å². The Morgan fingerprint density at radius 1 is 1.09 bits per heavy atom. The fourth-order valence-electron chi connectivity index (χ4n) is 3.20. The van der Waals surface area contributed by atoms with E-state index in [1.165, 1.54) is 6.92 Å². The molecule has 3 aromatic heterocycles. The van der Waals surface area contributed by atoms with E-state index in [9.17, 15) is 10.1 Å². The first-order valence-corrected chi connectivity index (χ1v) is 10.6. The van der Waals surface area contributed by atoms with E-state index in [0.29, 0.717) is 40.7 Å². The molecule has 0 aliphatic heterocycles. The lowest BCUT2D eigenvalue weighted by molar-refractivity contribution is -0.138. The number of benzene rings is 1. The summed E-state index contributed by atoms with van der Waals surface area (Å²) in [5, 5.41) is 17.7. The number of nitrogens with zero attached hydrogens (tertiary/aromatic N) is 7. The van der Waals surface area contributed by atoms with Gasteiger partial charge in [-0.2, -0.15) is 10.7 Å². The molecule has 1 N–H and O–H groups in total. The second-order valence-electron chi connectivity index (χ2n) is 7.86. The third-order valence-corrected chi connectivity index (χ3v) is 4.84. The van der Waals surface area contributed by atoms with Gasteiger partial charge in [0, 0.05) is 18.2 Å². The van der Waals surface area contributed by atoms with Crippen molar-refractivity contribution in [1.82, 2.24) is 29.9 Å². The number of anilines is 1. The van der Waals surface area contributed by atoms with Crippen LogP contribution in [0.5, 0.6) is 0 Å². The maximum Gasteiger partial charge on any atom is 0.329 e. The van der Waals surface area contributed by atoms with Gasteiger partial charge in [0.1, 0.15) is 5.69 Å². The predicted octanol–water partition coefficient (Wildman–Crippen LogP) is 3.73. The first-order chi connectivity index (χ1) is 16.4. The molecule has 0 atom stereocenters. The first kappa shape index (κ1) is 22.5. The zero-order valence-corrected chi connectivity index (χ0v) is 18.9. The van der Waals surface area contributed by atoms with Gasteiger partial charge in [0.25, 0.3) is 5.95 Å². The van der Waals surface area contributed by atoms with Crippen LogP contribution in [-0.4, -0.2) is 35.9 Å². The van der Waals surface area contributed by atoms with Crippen LogP contribution in [0.1, 0.15) is 43.6 Å². The van der Waals surface area contributed by atoms with Crippen molar-refractivity contribution in [3.8, 4) is 28.7 Å². The van der Waals surface area contributed by atoms with Gasteiger partial charge in [0.2, 0.25) is 0 Å². The van der Waals surface area contributed by atoms with E-state index in [0.717, 1.165) is 11.4 Å². The number of carbonyl (C=O) groups excluding carboxylic acids is 1. The van der Waals surface area contributed by atoms with Crippen LogP contribution >= 0.6 is 0 Å². The molecule has 10 heteroatoms. The summed E-state index contributed by atoms with van der Waals surface area (Å²) >= 11 is 0. The Kier molecular flexibility index (Phi) is 6.54. The highest BCUT2D eigenvalue weighted by Crippen LogP contribution is 2.25. The van der Waals surface area contributed by atoms with Gasteiger partial charge in [-0.05, 0) is 36.2 Å². The molecule has 0 saturated carbocycles. The quantitative estimate of drug-likeness (QED) is 0.415. The zero-order valence-electron chi connectivity index (χ0n) is 18.9. The molecule has 0 unspecified atom stereocenters. The van der Waals surface area contributed by atoms with Gasteiger partial charge < -0.3 is 4.84 Å². The minimum atomic E-state index is -0.538. The minimum absolute atomic E-state index is 0.0749. The predicted molar refractivity (Wildman–Crippen MR) is 124 cm³/mol. The minimum Gasteiger partial charge on any atom is -0.341 e. The first-order valence-electron chi connectivity index (χ1n) is 10.6. The summed E-state index contributed by atoms with van der Waals surface area (Å²) in [6.45, 7) is 5.91. The van der Waals surface area contributed by atoms with E-state index >= 15 is 0 Å². The summed E-state index contributed by atoms with van der Waals surface area (Å²) in [7, 11) is 0. The van der Waals surface area contributed by atoms with E-state index in [2.05, 4.69) is 50.7 Å². The van der Waals surface area contributed by atoms with Crippen molar-refractivity contribution < 1.29 is 9.63 Å². The molecule has 0 aliphatic rings. The summed E-state index contributed by atoms with van der Waals surface area (Å²) in [5.74, 6) is -0.136. The lowest BCUT2D eigenvalue weighted by Crippen LogP contribution is -2.10. The van der Waals surface area contributed by atoms with Crippen molar-refractivity contribution in [1.29, 1.82) is 5.26 Å². The second-order valence-corrected chi connectivity index (χ2v) is 7.86. The zero-order chi connectivity index (χ0) is 24.1. The Hall–Kier alpha value is -4.65. The molecule has 10 nitrogen and oxygen atoms in total. The largest absolute Gasteiger partial charge is 0.341 e. The third-order valence-electron chi connectivity index (χ3n) is 4.84. The van der Waals surface area contributed by atoms with Crippen LogP contribution in [0.2, 0.25) is 0 Å². The molecule has 1 aromatic carbocycles. The normalized spacial score (nSPS) is 10.7. The monoisotopic (exact) mass is 454 g/mol. The molecular weight excluding hydrogens is 432 g/mol. The van der Waals surface area contributed by atoms with E-state index in [-0.39, 0.29) is 5.95 Å². The molecule has 4 aromatic rings. The molecule has 3 heterocycles. The molecule has 0 saturated heterocycles. The summed E-state index contributed by atoms with van der Waals surface area (Å²) in [6.07, 6.45) is 1.76. The Balaban J connectivity index is 1.67. The van der Waals surface area contributed by atoms with Crippen molar-refractivity contribution in [3.63, 3.8) is 0 Å². The molecule has 0 spiro atoms. The lowest BCUT2D eigenvalue weighted by Gasteiger charge is -2.08. The standard InChI is InChI=1S/C24H22N8O2/c1-15(2)20-9-5-8-19(26-20)13-32-14-23(29-31-32)22-11-21(18-7-4-6-17(10-18)12-25)27-24(28-22)30-34-16(3)33/h4-11,14-15H,13H2,1-3H3,(H,27,28,30). The van der Waals surface area contributed by atoms with Gasteiger partial charge in [0.05, 0.1) is 41.5 Å². The van der Waals surface area contributed by atoms with Crippen LogP contribution in [0.4, 0.5) is 5.95 Å². The van der Waals surface area contributed by atoms with Gasteiger partial charge in [-0.1, -0.05) is 37.3 Å². The highest BCUT2D eigenvalue weighted by molar-refractivity contribution is 5.69. The van der Waals surface area contributed by atoms with Crippen LogP contribution < -0.4 is 5.48 Å². The SMILES string of the molecule is CC(=O)ONc1nc(-c2cccc(C#N)c2)cc(-c2cn(Cc3cccc(C(C)C)n3)nn2)n1. The van der Waals surface area contributed by atoms with E-state index in [4.69, 9.17) is 4.84 Å². The van der Waals surface area contributed by atoms with Gasteiger partial charge in [-0.25, -0.2) is 14.6 Å². The maximum atomic E-state index is 11.2. The number of carbonyl (C=O) groups is 1. The molecule has 170 valence electrons. The van der Waals surface area contributed by atoms with E-state index in [1.807, 2.05) is 24.3 Å². The topological polar surface area (TPSA) is 132 Å². The fourth-order valence-corrected chi connectivity index (χ4v) is 3.20. The van der Waals surface area contributed by atoms with Crippen molar-refractivity contribution in [2.24, 2.45) is 0 Å². The number of hydrogen-bond donors (Lipinski definition) is 1. The van der Waals surface area contributed by atoms with Crippen LogP contribution in [0.15, 0.2) is 54.7 Å². The fraction of sp³-hybridized carbons (Fsp3) is 0.208. The number of nitrogens with one attached hydrogen (secondary N) is 1. The average Bonchev–Trinajstić information content (AvgIpc) is 3.31. The molecule has 0 radical (unpaired) electrons. The van der Waals surface area contributed by atoms with Crippen molar-refractivity contribution >= 4 is 11.9 Å². The van der Waals surface area contributed by atoms with Gasteiger partial charge in [-0.15, -0.1) is 5.10 Å². The summed E-state index contributed by atoms with van der Waals surface area (Å²) < 4.78 is 1.68. The molecule has 0 bridgehead atoms. The summed E-state index contributed by atoms with van der Waals surface area (Å²) in [5.41, 5.74) is 7.04. The molecular formula is C24H22N8O2. The molecule has 0 aliphatic carbocycles.